The fourth-order valence-corrected chi connectivity index (χ4v) is 4.89. The molecular weight excluding hydrogens is 436 g/mol. The Morgan fingerprint density at radius 1 is 1.10 bits per heavy atom. The highest BCUT2D eigenvalue weighted by Gasteiger charge is 2.32. The van der Waals surface area contributed by atoms with Crippen molar-refractivity contribution in [3.05, 3.63) is 64.7 Å². The summed E-state index contributed by atoms with van der Waals surface area (Å²) in [6, 6.07) is 9.29. The van der Waals surface area contributed by atoms with Gasteiger partial charge < -0.3 is 5.32 Å². The normalized spacial score (nSPS) is 16.9. The van der Waals surface area contributed by atoms with E-state index in [0.717, 1.165) is 17.7 Å². The SMILES string of the molecule is CC(C(=O)NCc1ccccc1Cl)N1CCN(S(=O)(=O)c2ccc(F)c(F)c2)CC1. The van der Waals surface area contributed by atoms with Crippen LogP contribution in [0.25, 0.3) is 0 Å². The Hall–Kier alpha value is -2.07. The van der Waals surface area contributed by atoms with E-state index in [2.05, 4.69) is 5.32 Å². The smallest absolute Gasteiger partial charge is 0.243 e. The molecule has 0 radical (unpaired) electrons. The molecule has 1 heterocycles. The molecule has 0 aliphatic carbocycles. The Kier molecular flexibility index (Phi) is 7.07. The third-order valence-electron chi connectivity index (χ3n) is 5.14. The van der Waals surface area contributed by atoms with Crippen molar-refractivity contribution in [3.8, 4) is 0 Å². The summed E-state index contributed by atoms with van der Waals surface area (Å²) in [5.74, 6) is -2.50. The van der Waals surface area contributed by atoms with Gasteiger partial charge in [-0.05, 0) is 36.8 Å². The number of rotatable bonds is 6. The Morgan fingerprint density at radius 3 is 2.40 bits per heavy atom. The van der Waals surface area contributed by atoms with Crippen molar-refractivity contribution in [2.75, 3.05) is 26.2 Å². The van der Waals surface area contributed by atoms with Gasteiger partial charge in [0.25, 0.3) is 0 Å². The van der Waals surface area contributed by atoms with Crippen molar-refractivity contribution in [1.29, 1.82) is 0 Å². The molecule has 1 unspecified atom stereocenters. The molecule has 0 bridgehead atoms. The minimum Gasteiger partial charge on any atom is -0.351 e. The van der Waals surface area contributed by atoms with E-state index in [9.17, 15) is 22.0 Å². The monoisotopic (exact) mass is 457 g/mol. The molecule has 2 aromatic rings. The highest BCUT2D eigenvalue weighted by Crippen LogP contribution is 2.21. The van der Waals surface area contributed by atoms with Gasteiger partial charge in [0.05, 0.1) is 10.9 Å². The molecule has 162 valence electrons. The van der Waals surface area contributed by atoms with E-state index >= 15 is 0 Å². The second-order valence-corrected chi connectivity index (χ2v) is 9.35. The maximum atomic E-state index is 13.4. The first-order chi connectivity index (χ1) is 14.2. The van der Waals surface area contributed by atoms with E-state index in [1.807, 2.05) is 23.1 Å². The summed E-state index contributed by atoms with van der Waals surface area (Å²) in [7, 11) is -3.94. The van der Waals surface area contributed by atoms with Crippen LogP contribution in [0.15, 0.2) is 47.4 Å². The first-order valence-electron chi connectivity index (χ1n) is 9.40. The number of carbonyl (C=O) groups excluding carboxylic acids is 1. The molecule has 1 saturated heterocycles. The number of amides is 1. The number of hydrogen-bond donors (Lipinski definition) is 1. The molecule has 6 nitrogen and oxygen atoms in total. The number of nitrogens with one attached hydrogen (secondary N) is 1. The van der Waals surface area contributed by atoms with Crippen molar-refractivity contribution in [1.82, 2.24) is 14.5 Å². The molecule has 0 aromatic heterocycles. The lowest BCUT2D eigenvalue weighted by molar-refractivity contribution is -0.126. The lowest BCUT2D eigenvalue weighted by atomic mass is 10.2. The number of benzene rings is 2. The number of piperazine rings is 1. The maximum Gasteiger partial charge on any atom is 0.243 e. The summed E-state index contributed by atoms with van der Waals surface area (Å²) >= 11 is 6.10. The zero-order valence-electron chi connectivity index (χ0n) is 16.3. The molecule has 3 rings (SSSR count). The van der Waals surface area contributed by atoms with E-state index in [-0.39, 0.29) is 23.9 Å². The minimum absolute atomic E-state index is 0.142. The third-order valence-corrected chi connectivity index (χ3v) is 7.40. The number of halogens is 3. The van der Waals surface area contributed by atoms with Crippen LogP contribution >= 0.6 is 11.6 Å². The van der Waals surface area contributed by atoms with Gasteiger partial charge in [-0.15, -0.1) is 0 Å². The highest BCUT2D eigenvalue weighted by atomic mass is 35.5. The number of sulfonamides is 1. The molecule has 10 heteroatoms. The molecule has 1 amide bonds. The van der Waals surface area contributed by atoms with Crippen molar-refractivity contribution in [3.63, 3.8) is 0 Å². The molecule has 1 atom stereocenters. The van der Waals surface area contributed by atoms with Crippen molar-refractivity contribution in [2.24, 2.45) is 0 Å². The molecule has 2 aromatic carbocycles. The molecule has 30 heavy (non-hydrogen) atoms. The van der Waals surface area contributed by atoms with Gasteiger partial charge in [-0.25, -0.2) is 17.2 Å². The van der Waals surface area contributed by atoms with Gasteiger partial charge >= 0.3 is 0 Å². The van der Waals surface area contributed by atoms with Crippen LogP contribution in [0.5, 0.6) is 0 Å². The molecular formula is C20H22ClF2N3O3S. The summed E-state index contributed by atoms with van der Waals surface area (Å²) in [5.41, 5.74) is 0.808. The van der Waals surface area contributed by atoms with Crippen LogP contribution < -0.4 is 5.32 Å². The number of hydrogen-bond acceptors (Lipinski definition) is 4. The Bertz CT molecular complexity index is 1030. The molecule has 1 fully saturated rings. The summed E-state index contributed by atoms with van der Waals surface area (Å²) in [5, 5.41) is 3.41. The van der Waals surface area contributed by atoms with E-state index < -0.39 is 27.7 Å². The van der Waals surface area contributed by atoms with E-state index in [1.54, 1.807) is 13.0 Å². The highest BCUT2D eigenvalue weighted by molar-refractivity contribution is 7.89. The number of nitrogens with zero attached hydrogens (tertiary/aromatic N) is 2. The number of carbonyl (C=O) groups is 1. The summed E-state index contributed by atoms with van der Waals surface area (Å²) in [6.45, 7) is 3.01. The van der Waals surface area contributed by atoms with Gasteiger partial charge in [0.2, 0.25) is 15.9 Å². The van der Waals surface area contributed by atoms with Crippen LogP contribution in [0.4, 0.5) is 8.78 Å². The maximum absolute atomic E-state index is 13.4. The molecule has 1 N–H and O–H groups in total. The van der Waals surface area contributed by atoms with Crippen LogP contribution in [0.3, 0.4) is 0 Å². The fraction of sp³-hybridized carbons (Fsp3) is 0.350. The lowest BCUT2D eigenvalue weighted by Crippen LogP contribution is -2.54. The minimum atomic E-state index is -3.94. The van der Waals surface area contributed by atoms with Crippen LogP contribution in [-0.4, -0.2) is 55.8 Å². The van der Waals surface area contributed by atoms with E-state index in [0.29, 0.717) is 30.7 Å². The van der Waals surface area contributed by atoms with Crippen molar-refractivity contribution >= 4 is 27.5 Å². The fourth-order valence-electron chi connectivity index (χ4n) is 3.26. The lowest BCUT2D eigenvalue weighted by Gasteiger charge is -2.36. The van der Waals surface area contributed by atoms with Gasteiger partial charge in [-0.3, -0.25) is 9.69 Å². The summed E-state index contributed by atoms with van der Waals surface area (Å²) in [6.07, 6.45) is 0. The average molecular weight is 458 g/mol. The Balaban J connectivity index is 1.57. The van der Waals surface area contributed by atoms with Crippen LogP contribution in [-0.2, 0) is 21.4 Å². The first-order valence-corrected chi connectivity index (χ1v) is 11.2. The van der Waals surface area contributed by atoms with Crippen LogP contribution in [0, 0.1) is 11.6 Å². The zero-order valence-corrected chi connectivity index (χ0v) is 17.9. The standard InChI is InChI=1S/C20H22ClF2N3O3S/c1-14(20(27)24-13-15-4-2-3-5-17(15)21)25-8-10-26(11-9-25)30(28,29)16-6-7-18(22)19(23)12-16/h2-7,12,14H,8-11,13H2,1H3,(H,24,27). The quantitative estimate of drug-likeness (QED) is 0.724. The van der Waals surface area contributed by atoms with Gasteiger partial charge in [-0.2, -0.15) is 4.31 Å². The van der Waals surface area contributed by atoms with Crippen LogP contribution in [0.1, 0.15) is 12.5 Å². The molecule has 1 aliphatic heterocycles. The van der Waals surface area contributed by atoms with Gasteiger partial charge in [0, 0.05) is 37.7 Å². The van der Waals surface area contributed by atoms with Gasteiger partial charge in [0.1, 0.15) is 0 Å². The van der Waals surface area contributed by atoms with E-state index in [4.69, 9.17) is 11.6 Å². The predicted molar refractivity (Wildman–Crippen MR) is 109 cm³/mol. The van der Waals surface area contributed by atoms with Gasteiger partial charge in [0.15, 0.2) is 11.6 Å². The topological polar surface area (TPSA) is 69.7 Å². The second kappa shape index (κ2) is 9.38. The molecule has 1 aliphatic rings. The Morgan fingerprint density at radius 2 is 1.77 bits per heavy atom. The first kappa shape index (κ1) is 22.6. The molecule has 0 saturated carbocycles. The predicted octanol–water partition coefficient (Wildman–Crippen LogP) is 2.63. The Labute approximate surface area is 179 Å². The average Bonchev–Trinajstić information content (AvgIpc) is 2.74. The van der Waals surface area contributed by atoms with Crippen molar-refractivity contribution < 1.29 is 22.0 Å². The zero-order chi connectivity index (χ0) is 21.9. The van der Waals surface area contributed by atoms with E-state index in [1.165, 1.54) is 4.31 Å². The van der Waals surface area contributed by atoms with Crippen molar-refractivity contribution in [2.45, 2.75) is 24.4 Å². The second-order valence-electron chi connectivity index (χ2n) is 7.00. The van der Waals surface area contributed by atoms with Crippen LogP contribution in [0.2, 0.25) is 5.02 Å². The summed E-state index contributed by atoms with van der Waals surface area (Å²) < 4.78 is 53.1. The molecule has 0 spiro atoms. The third kappa shape index (κ3) is 4.97. The summed E-state index contributed by atoms with van der Waals surface area (Å²) in [4.78, 5) is 14.1. The van der Waals surface area contributed by atoms with Gasteiger partial charge in [-0.1, -0.05) is 29.8 Å². The largest absolute Gasteiger partial charge is 0.351 e.